The Labute approximate surface area is 113 Å². The van der Waals surface area contributed by atoms with E-state index < -0.39 is 0 Å². The third kappa shape index (κ3) is 3.61. The lowest BCUT2D eigenvalue weighted by molar-refractivity contribution is 0.0820. The summed E-state index contributed by atoms with van der Waals surface area (Å²) in [6, 6.07) is 7.00. The van der Waals surface area contributed by atoms with Crippen LogP contribution in [0.4, 0.5) is 16.2 Å². The van der Waals surface area contributed by atoms with Gasteiger partial charge in [-0.1, -0.05) is 0 Å². The number of amides is 2. The van der Waals surface area contributed by atoms with Gasteiger partial charge in [-0.3, -0.25) is 0 Å². The second-order valence-electron chi connectivity index (χ2n) is 5.12. The molecule has 1 aromatic rings. The number of carbonyl (C=O) groups is 1. The molecule has 1 heterocycles. The lowest BCUT2D eigenvalue weighted by Crippen LogP contribution is -2.42. The van der Waals surface area contributed by atoms with Gasteiger partial charge in [-0.05, 0) is 49.9 Å². The number of benzene rings is 1. The maximum absolute atomic E-state index is 12.1. The van der Waals surface area contributed by atoms with Crippen molar-refractivity contribution in [2.75, 3.05) is 24.1 Å². The number of nitrogens with one attached hydrogen (secondary N) is 1. The molecule has 2 amide bonds. The summed E-state index contributed by atoms with van der Waals surface area (Å²) < 4.78 is 0. The van der Waals surface area contributed by atoms with Crippen molar-refractivity contribution in [3.8, 4) is 0 Å². The normalized spacial score (nSPS) is 18.1. The summed E-state index contributed by atoms with van der Waals surface area (Å²) in [6.45, 7) is 3.20. The maximum Gasteiger partial charge on any atom is 0.321 e. The Morgan fingerprint density at radius 2 is 1.95 bits per heavy atom. The maximum atomic E-state index is 12.1. The summed E-state index contributed by atoms with van der Waals surface area (Å²) >= 11 is 0. The van der Waals surface area contributed by atoms with Crippen molar-refractivity contribution >= 4 is 17.4 Å². The molecule has 1 atom stereocenters. The van der Waals surface area contributed by atoms with Gasteiger partial charge in [0.15, 0.2) is 0 Å². The van der Waals surface area contributed by atoms with E-state index in [9.17, 15) is 9.90 Å². The first kappa shape index (κ1) is 13.7. The molecule has 1 unspecified atom stereocenters. The lowest BCUT2D eigenvalue weighted by Gasteiger charge is -2.33. The molecule has 0 bridgehead atoms. The van der Waals surface area contributed by atoms with Gasteiger partial charge in [-0.25, -0.2) is 4.79 Å². The second-order valence-corrected chi connectivity index (χ2v) is 5.12. The summed E-state index contributed by atoms with van der Waals surface area (Å²) in [5.74, 6) is 0.306. The fourth-order valence-electron chi connectivity index (χ4n) is 2.35. The highest BCUT2D eigenvalue weighted by atomic mass is 16.3. The van der Waals surface area contributed by atoms with Gasteiger partial charge in [-0.15, -0.1) is 0 Å². The van der Waals surface area contributed by atoms with Crippen molar-refractivity contribution in [3.63, 3.8) is 0 Å². The number of nitrogens with two attached hydrogens (primary N) is 1. The first-order valence-corrected chi connectivity index (χ1v) is 6.66. The summed E-state index contributed by atoms with van der Waals surface area (Å²) in [6.07, 6.45) is 1.42. The Hall–Kier alpha value is -1.75. The fraction of sp³-hybridized carbons (Fsp3) is 0.500. The number of urea groups is 1. The number of hydrogen-bond acceptors (Lipinski definition) is 3. The molecular formula is C14H21N3O2. The Morgan fingerprint density at radius 3 is 2.47 bits per heavy atom. The summed E-state index contributed by atoms with van der Waals surface area (Å²) in [5, 5.41) is 12.4. The van der Waals surface area contributed by atoms with E-state index in [2.05, 4.69) is 5.32 Å². The van der Waals surface area contributed by atoms with Gasteiger partial charge in [0.25, 0.3) is 0 Å². The molecule has 0 aliphatic carbocycles. The Balaban J connectivity index is 1.86. The Bertz CT molecular complexity index is 423. The highest BCUT2D eigenvalue weighted by Crippen LogP contribution is 2.21. The number of piperidine rings is 1. The average Bonchev–Trinajstić information content (AvgIpc) is 2.41. The van der Waals surface area contributed by atoms with Crippen LogP contribution in [0.5, 0.6) is 0 Å². The molecule has 1 aliphatic heterocycles. The predicted molar refractivity (Wildman–Crippen MR) is 75.9 cm³/mol. The first-order valence-electron chi connectivity index (χ1n) is 6.66. The average molecular weight is 263 g/mol. The Morgan fingerprint density at radius 1 is 1.37 bits per heavy atom. The van der Waals surface area contributed by atoms with Gasteiger partial charge in [-0.2, -0.15) is 0 Å². The predicted octanol–water partition coefficient (Wildman–Crippen LogP) is 1.89. The SMILES string of the molecule is CC(O)C1CCN(C(=O)Nc2ccc(N)cc2)CC1. The molecule has 104 valence electrons. The summed E-state index contributed by atoms with van der Waals surface area (Å²) in [7, 11) is 0. The summed E-state index contributed by atoms with van der Waals surface area (Å²) in [4.78, 5) is 13.8. The molecular weight excluding hydrogens is 242 g/mol. The third-order valence-corrected chi connectivity index (χ3v) is 3.67. The van der Waals surface area contributed by atoms with E-state index in [4.69, 9.17) is 5.73 Å². The minimum atomic E-state index is -0.290. The molecule has 0 saturated carbocycles. The molecule has 19 heavy (non-hydrogen) atoms. The number of hydrogen-bond donors (Lipinski definition) is 3. The van der Waals surface area contributed by atoms with E-state index in [-0.39, 0.29) is 12.1 Å². The largest absolute Gasteiger partial charge is 0.399 e. The molecule has 2 rings (SSSR count). The van der Waals surface area contributed by atoms with Crippen LogP contribution in [-0.2, 0) is 0 Å². The van der Waals surface area contributed by atoms with Crippen LogP contribution >= 0.6 is 0 Å². The highest BCUT2D eigenvalue weighted by Gasteiger charge is 2.25. The minimum absolute atomic E-state index is 0.0891. The minimum Gasteiger partial charge on any atom is -0.399 e. The van der Waals surface area contributed by atoms with Crippen LogP contribution < -0.4 is 11.1 Å². The van der Waals surface area contributed by atoms with Crippen molar-refractivity contribution in [3.05, 3.63) is 24.3 Å². The molecule has 0 radical (unpaired) electrons. The highest BCUT2D eigenvalue weighted by molar-refractivity contribution is 5.89. The van der Waals surface area contributed by atoms with Crippen molar-refractivity contribution in [2.24, 2.45) is 5.92 Å². The van der Waals surface area contributed by atoms with Gasteiger partial charge in [0, 0.05) is 24.5 Å². The third-order valence-electron chi connectivity index (χ3n) is 3.67. The van der Waals surface area contributed by atoms with E-state index >= 15 is 0 Å². The summed E-state index contributed by atoms with van der Waals surface area (Å²) in [5.41, 5.74) is 7.02. The molecule has 5 heteroatoms. The lowest BCUT2D eigenvalue weighted by atomic mass is 9.92. The van der Waals surface area contributed by atoms with E-state index in [1.165, 1.54) is 0 Å². The van der Waals surface area contributed by atoms with E-state index in [0.717, 1.165) is 18.5 Å². The van der Waals surface area contributed by atoms with Crippen LogP contribution in [0, 0.1) is 5.92 Å². The smallest absolute Gasteiger partial charge is 0.321 e. The number of aliphatic hydroxyl groups excluding tert-OH is 1. The number of rotatable bonds is 2. The molecule has 5 nitrogen and oxygen atoms in total. The van der Waals surface area contributed by atoms with Crippen LogP contribution in [0.15, 0.2) is 24.3 Å². The zero-order valence-corrected chi connectivity index (χ0v) is 11.2. The second kappa shape index (κ2) is 5.93. The quantitative estimate of drug-likeness (QED) is 0.713. The number of anilines is 2. The van der Waals surface area contributed by atoms with Crippen molar-refractivity contribution in [1.29, 1.82) is 0 Å². The van der Waals surface area contributed by atoms with Gasteiger partial charge in [0.1, 0.15) is 0 Å². The van der Waals surface area contributed by atoms with E-state index in [0.29, 0.717) is 24.7 Å². The number of carbonyl (C=O) groups excluding carboxylic acids is 1. The number of likely N-dealkylation sites (tertiary alicyclic amines) is 1. The van der Waals surface area contributed by atoms with Crippen LogP contribution in [0.2, 0.25) is 0 Å². The fourth-order valence-corrected chi connectivity index (χ4v) is 2.35. The Kier molecular flexibility index (Phi) is 4.27. The molecule has 0 aromatic heterocycles. The van der Waals surface area contributed by atoms with E-state index in [1.807, 2.05) is 6.92 Å². The molecule has 1 aliphatic rings. The van der Waals surface area contributed by atoms with E-state index in [1.54, 1.807) is 29.2 Å². The van der Waals surface area contributed by atoms with Crippen molar-refractivity contribution in [2.45, 2.75) is 25.9 Å². The van der Waals surface area contributed by atoms with Crippen LogP contribution in [-0.4, -0.2) is 35.2 Å². The zero-order valence-electron chi connectivity index (χ0n) is 11.2. The number of aliphatic hydroxyl groups is 1. The van der Waals surface area contributed by atoms with Gasteiger partial charge in [0.2, 0.25) is 0 Å². The number of nitrogen functional groups attached to an aromatic ring is 1. The monoisotopic (exact) mass is 263 g/mol. The van der Waals surface area contributed by atoms with Crippen molar-refractivity contribution in [1.82, 2.24) is 4.90 Å². The topological polar surface area (TPSA) is 78.6 Å². The zero-order chi connectivity index (χ0) is 13.8. The van der Waals surface area contributed by atoms with Crippen LogP contribution in [0.25, 0.3) is 0 Å². The molecule has 4 N–H and O–H groups in total. The molecule has 1 fully saturated rings. The molecule has 1 saturated heterocycles. The standard InChI is InChI=1S/C14H21N3O2/c1-10(18)11-6-8-17(9-7-11)14(19)16-13-4-2-12(15)3-5-13/h2-5,10-11,18H,6-9,15H2,1H3,(H,16,19). The van der Waals surface area contributed by atoms with Gasteiger partial charge in [0.05, 0.1) is 6.10 Å². The van der Waals surface area contributed by atoms with Crippen LogP contribution in [0.3, 0.4) is 0 Å². The molecule has 0 spiro atoms. The van der Waals surface area contributed by atoms with Crippen LogP contribution in [0.1, 0.15) is 19.8 Å². The first-order chi connectivity index (χ1) is 9.06. The van der Waals surface area contributed by atoms with Gasteiger partial charge < -0.3 is 21.1 Å². The van der Waals surface area contributed by atoms with Crippen molar-refractivity contribution < 1.29 is 9.90 Å². The number of nitrogens with zero attached hydrogens (tertiary/aromatic N) is 1. The molecule has 1 aromatic carbocycles. The van der Waals surface area contributed by atoms with Gasteiger partial charge >= 0.3 is 6.03 Å².